The molecule has 1 amide bonds. The molecule has 2 heterocycles. The minimum atomic E-state index is -0.111. The van der Waals surface area contributed by atoms with Crippen molar-refractivity contribution in [3.8, 4) is 0 Å². The van der Waals surface area contributed by atoms with E-state index in [1.165, 1.54) is 0 Å². The molecule has 5 heteroatoms. The zero-order valence-corrected chi connectivity index (χ0v) is 13.2. The summed E-state index contributed by atoms with van der Waals surface area (Å²) in [6.07, 6.45) is 0.460. The average molecular weight is 309 g/mol. The van der Waals surface area contributed by atoms with Gasteiger partial charge in [0.1, 0.15) is 0 Å². The van der Waals surface area contributed by atoms with Gasteiger partial charge in [0.2, 0.25) is 5.91 Å². The fourth-order valence-electron chi connectivity index (χ4n) is 3.26. The van der Waals surface area contributed by atoms with Gasteiger partial charge in [0.05, 0.1) is 13.2 Å². The summed E-state index contributed by atoms with van der Waals surface area (Å²) in [5, 5.41) is 4.07. The summed E-state index contributed by atoms with van der Waals surface area (Å²) in [5.41, 5.74) is 1.92. The fraction of sp³-hybridized carbons (Fsp3) is 0.562. The van der Waals surface area contributed by atoms with E-state index >= 15 is 0 Å². The van der Waals surface area contributed by atoms with Crippen molar-refractivity contribution in [2.75, 3.05) is 31.2 Å². The molecule has 0 aromatic heterocycles. The summed E-state index contributed by atoms with van der Waals surface area (Å²) in [6, 6.07) is 5.90. The van der Waals surface area contributed by atoms with Crippen molar-refractivity contribution in [1.29, 1.82) is 0 Å². The van der Waals surface area contributed by atoms with Crippen molar-refractivity contribution in [1.82, 2.24) is 5.32 Å². The van der Waals surface area contributed by atoms with Gasteiger partial charge in [-0.2, -0.15) is 0 Å². The summed E-state index contributed by atoms with van der Waals surface area (Å²) in [7, 11) is 0. The monoisotopic (exact) mass is 308 g/mol. The SMILES string of the molecule is CC1(C)CN(C(=O)CC2COCCN2)c2cccc(Cl)c21. The second-order valence-corrected chi connectivity index (χ2v) is 6.84. The second kappa shape index (κ2) is 5.59. The Morgan fingerprint density at radius 2 is 2.33 bits per heavy atom. The summed E-state index contributed by atoms with van der Waals surface area (Å²) < 4.78 is 5.42. The number of carbonyl (C=O) groups excluding carboxylic acids is 1. The number of anilines is 1. The number of amides is 1. The van der Waals surface area contributed by atoms with Gasteiger partial charge in [-0.15, -0.1) is 0 Å². The van der Waals surface area contributed by atoms with E-state index in [0.29, 0.717) is 19.6 Å². The van der Waals surface area contributed by atoms with E-state index in [1.807, 2.05) is 23.1 Å². The number of nitrogens with one attached hydrogen (secondary N) is 1. The Morgan fingerprint density at radius 1 is 1.52 bits per heavy atom. The molecular formula is C16H21ClN2O2. The molecule has 21 heavy (non-hydrogen) atoms. The van der Waals surface area contributed by atoms with Gasteiger partial charge in [-0.25, -0.2) is 0 Å². The maximum Gasteiger partial charge on any atom is 0.228 e. The van der Waals surface area contributed by atoms with E-state index in [4.69, 9.17) is 16.3 Å². The normalized spacial score (nSPS) is 24.0. The van der Waals surface area contributed by atoms with Crippen LogP contribution in [0.2, 0.25) is 5.02 Å². The lowest BCUT2D eigenvalue weighted by molar-refractivity contribution is -0.119. The van der Waals surface area contributed by atoms with Gasteiger partial charge >= 0.3 is 0 Å². The van der Waals surface area contributed by atoms with E-state index in [1.54, 1.807) is 0 Å². The molecule has 1 fully saturated rings. The van der Waals surface area contributed by atoms with Gasteiger partial charge in [0.25, 0.3) is 0 Å². The molecule has 1 aromatic rings. The minimum Gasteiger partial charge on any atom is -0.378 e. The topological polar surface area (TPSA) is 41.6 Å². The molecule has 0 saturated carbocycles. The van der Waals surface area contributed by atoms with Gasteiger partial charge in [0, 0.05) is 47.2 Å². The highest BCUT2D eigenvalue weighted by Gasteiger charge is 2.39. The third-order valence-electron chi connectivity index (χ3n) is 4.23. The lowest BCUT2D eigenvalue weighted by atomic mass is 9.87. The molecule has 0 bridgehead atoms. The van der Waals surface area contributed by atoms with Gasteiger partial charge < -0.3 is 15.0 Å². The van der Waals surface area contributed by atoms with Crippen molar-refractivity contribution in [3.05, 3.63) is 28.8 Å². The highest BCUT2D eigenvalue weighted by Crippen LogP contribution is 2.44. The largest absolute Gasteiger partial charge is 0.378 e. The van der Waals surface area contributed by atoms with Crippen LogP contribution >= 0.6 is 11.6 Å². The number of hydrogen-bond donors (Lipinski definition) is 1. The van der Waals surface area contributed by atoms with E-state index in [9.17, 15) is 4.79 Å². The number of benzene rings is 1. The molecule has 1 unspecified atom stereocenters. The lowest BCUT2D eigenvalue weighted by Crippen LogP contribution is -2.45. The number of rotatable bonds is 2. The molecule has 0 aliphatic carbocycles. The number of hydrogen-bond acceptors (Lipinski definition) is 3. The predicted octanol–water partition coefficient (Wildman–Crippen LogP) is 2.34. The summed E-state index contributed by atoms with van der Waals surface area (Å²) >= 11 is 6.35. The van der Waals surface area contributed by atoms with Gasteiger partial charge in [0.15, 0.2) is 0 Å². The van der Waals surface area contributed by atoms with Crippen molar-refractivity contribution >= 4 is 23.2 Å². The molecule has 1 atom stereocenters. The first kappa shape index (κ1) is 14.8. The number of ether oxygens (including phenoxy) is 1. The fourth-order valence-corrected chi connectivity index (χ4v) is 3.69. The molecule has 0 spiro atoms. The smallest absolute Gasteiger partial charge is 0.228 e. The van der Waals surface area contributed by atoms with Crippen LogP contribution in [0.15, 0.2) is 18.2 Å². The van der Waals surface area contributed by atoms with Crippen molar-refractivity contribution in [2.24, 2.45) is 0 Å². The molecule has 114 valence electrons. The summed E-state index contributed by atoms with van der Waals surface area (Å²) in [6.45, 7) is 7.08. The number of nitrogens with zero attached hydrogens (tertiary/aromatic N) is 1. The van der Waals surface area contributed by atoms with Crippen LogP contribution in [0.5, 0.6) is 0 Å². The number of morpholine rings is 1. The quantitative estimate of drug-likeness (QED) is 0.912. The molecule has 2 aliphatic heterocycles. The third kappa shape index (κ3) is 2.80. The Bertz CT molecular complexity index is 553. The molecular weight excluding hydrogens is 288 g/mol. The third-order valence-corrected chi connectivity index (χ3v) is 4.55. The van der Waals surface area contributed by atoms with Gasteiger partial charge in [-0.1, -0.05) is 31.5 Å². The second-order valence-electron chi connectivity index (χ2n) is 6.43. The van der Waals surface area contributed by atoms with E-state index in [0.717, 1.165) is 29.4 Å². The van der Waals surface area contributed by atoms with Gasteiger partial charge in [-0.3, -0.25) is 4.79 Å². The van der Waals surface area contributed by atoms with Crippen molar-refractivity contribution < 1.29 is 9.53 Å². The van der Waals surface area contributed by atoms with Gasteiger partial charge in [-0.05, 0) is 12.1 Å². The maximum absolute atomic E-state index is 12.7. The molecule has 4 nitrogen and oxygen atoms in total. The maximum atomic E-state index is 12.7. The first-order valence-corrected chi connectivity index (χ1v) is 7.77. The van der Waals surface area contributed by atoms with Crippen molar-refractivity contribution in [3.63, 3.8) is 0 Å². The molecule has 1 saturated heterocycles. The average Bonchev–Trinajstić information content (AvgIpc) is 2.73. The van der Waals surface area contributed by atoms with Crippen LogP contribution in [0.25, 0.3) is 0 Å². The first-order valence-electron chi connectivity index (χ1n) is 7.39. The van der Waals surface area contributed by atoms with Crippen LogP contribution in [-0.4, -0.2) is 38.3 Å². The Balaban J connectivity index is 1.81. The predicted molar refractivity (Wildman–Crippen MR) is 84.1 cm³/mol. The number of carbonyl (C=O) groups is 1. The van der Waals surface area contributed by atoms with Crippen LogP contribution in [0, 0.1) is 0 Å². The molecule has 1 N–H and O–H groups in total. The molecule has 1 aromatic carbocycles. The highest BCUT2D eigenvalue weighted by molar-refractivity contribution is 6.32. The van der Waals surface area contributed by atoms with E-state index in [-0.39, 0.29) is 17.4 Å². The van der Waals surface area contributed by atoms with Crippen LogP contribution in [0.4, 0.5) is 5.69 Å². The van der Waals surface area contributed by atoms with E-state index < -0.39 is 0 Å². The zero-order valence-electron chi connectivity index (χ0n) is 12.5. The lowest BCUT2D eigenvalue weighted by Gasteiger charge is -2.26. The molecule has 2 aliphatic rings. The van der Waals surface area contributed by atoms with Crippen LogP contribution in [0.1, 0.15) is 25.8 Å². The number of fused-ring (bicyclic) bond motifs is 1. The Morgan fingerprint density at radius 3 is 3.05 bits per heavy atom. The standard InChI is InChI=1S/C16H21ClN2O2/c1-16(2)10-19(13-5-3-4-12(17)15(13)16)14(20)8-11-9-21-7-6-18-11/h3-5,11,18H,6-10H2,1-2H3. The first-order chi connectivity index (χ1) is 9.99. The van der Waals surface area contributed by atoms with E-state index in [2.05, 4.69) is 19.2 Å². The Labute approximate surface area is 130 Å². The zero-order chi connectivity index (χ0) is 15.0. The Hall–Kier alpha value is -1.10. The van der Waals surface area contributed by atoms with Crippen molar-refractivity contribution in [2.45, 2.75) is 31.7 Å². The number of halogens is 1. The Kier molecular flexibility index (Phi) is 3.95. The summed E-state index contributed by atoms with van der Waals surface area (Å²) in [4.78, 5) is 14.5. The van der Waals surface area contributed by atoms with Crippen LogP contribution in [0.3, 0.4) is 0 Å². The summed E-state index contributed by atoms with van der Waals surface area (Å²) in [5.74, 6) is 0.132. The van der Waals surface area contributed by atoms with Crippen LogP contribution in [-0.2, 0) is 14.9 Å². The molecule has 0 radical (unpaired) electrons. The van der Waals surface area contributed by atoms with Crippen LogP contribution < -0.4 is 10.2 Å². The minimum absolute atomic E-state index is 0.109. The molecule has 3 rings (SSSR count). The highest BCUT2D eigenvalue weighted by atomic mass is 35.5.